The zero-order chi connectivity index (χ0) is 13.3. The number of carboxylic acids is 1. The minimum Gasteiger partial charge on any atom is -0.481 e. The van der Waals surface area contributed by atoms with Crippen LogP contribution in [0.25, 0.3) is 11.1 Å². The standard InChI is InChI=1S/C12H14N2O4/c1-7(11(15)16)6-13-8-3-4-9-10(5-8)18-12(17)14(9)2/h3-5,7,13H,6H2,1-2H3,(H,15,16). The summed E-state index contributed by atoms with van der Waals surface area (Å²) in [6.45, 7) is 1.94. The minimum absolute atomic E-state index is 0.317. The van der Waals surface area contributed by atoms with E-state index >= 15 is 0 Å². The summed E-state index contributed by atoms with van der Waals surface area (Å²) in [6, 6.07) is 5.23. The average molecular weight is 250 g/mol. The van der Waals surface area contributed by atoms with E-state index in [0.717, 1.165) is 5.69 Å². The zero-order valence-corrected chi connectivity index (χ0v) is 10.1. The molecule has 2 aromatic rings. The van der Waals surface area contributed by atoms with Gasteiger partial charge in [0.05, 0.1) is 11.4 Å². The summed E-state index contributed by atoms with van der Waals surface area (Å²) in [7, 11) is 1.63. The molecule has 0 aliphatic carbocycles. The van der Waals surface area contributed by atoms with Gasteiger partial charge < -0.3 is 14.8 Å². The first-order valence-electron chi connectivity index (χ1n) is 5.55. The summed E-state index contributed by atoms with van der Waals surface area (Å²) in [5.41, 5.74) is 1.91. The highest BCUT2D eigenvalue weighted by molar-refractivity contribution is 5.77. The van der Waals surface area contributed by atoms with E-state index < -0.39 is 17.6 Å². The number of carbonyl (C=O) groups is 1. The second-order valence-corrected chi connectivity index (χ2v) is 4.23. The van der Waals surface area contributed by atoms with Gasteiger partial charge in [0, 0.05) is 25.3 Å². The van der Waals surface area contributed by atoms with Crippen LogP contribution in [0.4, 0.5) is 5.69 Å². The first-order chi connectivity index (χ1) is 8.49. The SMILES string of the molecule is CC(CNc1ccc2c(c1)oc(=O)n2C)C(=O)O. The van der Waals surface area contributed by atoms with Crippen LogP contribution in [0.2, 0.25) is 0 Å². The van der Waals surface area contributed by atoms with Crippen molar-refractivity contribution in [1.82, 2.24) is 4.57 Å². The first kappa shape index (κ1) is 12.2. The Morgan fingerprint density at radius 3 is 2.94 bits per heavy atom. The number of fused-ring (bicyclic) bond motifs is 1. The highest BCUT2D eigenvalue weighted by Crippen LogP contribution is 2.18. The number of rotatable bonds is 4. The van der Waals surface area contributed by atoms with Crippen molar-refractivity contribution < 1.29 is 14.3 Å². The predicted molar refractivity (Wildman–Crippen MR) is 66.7 cm³/mol. The third kappa shape index (κ3) is 2.22. The average Bonchev–Trinajstić information content (AvgIpc) is 2.61. The number of benzene rings is 1. The van der Waals surface area contributed by atoms with Crippen molar-refractivity contribution in [2.24, 2.45) is 13.0 Å². The maximum absolute atomic E-state index is 11.3. The van der Waals surface area contributed by atoms with Crippen LogP contribution in [-0.4, -0.2) is 22.2 Å². The highest BCUT2D eigenvalue weighted by Gasteiger charge is 2.11. The molecule has 96 valence electrons. The fourth-order valence-electron chi connectivity index (χ4n) is 1.60. The third-order valence-electron chi connectivity index (χ3n) is 2.83. The molecule has 1 unspecified atom stereocenters. The molecule has 0 radical (unpaired) electrons. The molecule has 1 aromatic carbocycles. The second-order valence-electron chi connectivity index (χ2n) is 4.23. The van der Waals surface area contributed by atoms with E-state index in [2.05, 4.69) is 5.32 Å². The fourth-order valence-corrected chi connectivity index (χ4v) is 1.60. The van der Waals surface area contributed by atoms with E-state index in [4.69, 9.17) is 9.52 Å². The molecule has 1 heterocycles. The first-order valence-corrected chi connectivity index (χ1v) is 5.55. The largest absolute Gasteiger partial charge is 0.481 e. The lowest BCUT2D eigenvalue weighted by atomic mass is 10.2. The summed E-state index contributed by atoms with van der Waals surface area (Å²) in [5, 5.41) is 11.8. The number of hydrogen-bond acceptors (Lipinski definition) is 4. The van der Waals surface area contributed by atoms with Crippen molar-refractivity contribution in [2.75, 3.05) is 11.9 Å². The monoisotopic (exact) mass is 250 g/mol. The molecule has 0 amide bonds. The molecule has 1 aromatic heterocycles. The number of aromatic nitrogens is 1. The molecule has 6 nitrogen and oxygen atoms in total. The van der Waals surface area contributed by atoms with Crippen molar-refractivity contribution in [1.29, 1.82) is 0 Å². The molecule has 0 aliphatic rings. The van der Waals surface area contributed by atoms with Gasteiger partial charge in [-0.25, -0.2) is 4.79 Å². The van der Waals surface area contributed by atoms with Gasteiger partial charge in [-0.3, -0.25) is 9.36 Å². The van der Waals surface area contributed by atoms with Crippen LogP contribution in [-0.2, 0) is 11.8 Å². The van der Waals surface area contributed by atoms with E-state index in [0.29, 0.717) is 17.6 Å². The quantitative estimate of drug-likeness (QED) is 0.853. The molecule has 0 fully saturated rings. The molecular formula is C12H14N2O4. The Labute approximate surface area is 103 Å². The molecule has 0 spiro atoms. The van der Waals surface area contributed by atoms with Crippen molar-refractivity contribution >= 4 is 22.8 Å². The van der Waals surface area contributed by atoms with Crippen LogP contribution in [0.1, 0.15) is 6.92 Å². The molecule has 18 heavy (non-hydrogen) atoms. The van der Waals surface area contributed by atoms with E-state index in [1.165, 1.54) is 4.57 Å². The molecular weight excluding hydrogens is 236 g/mol. The van der Waals surface area contributed by atoms with Crippen LogP contribution in [0.5, 0.6) is 0 Å². The van der Waals surface area contributed by atoms with Crippen molar-refractivity contribution in [2.45, 2.75) is 6.92 Å². The van der Waals surface area contributed by atoms with Gasteiger partial charge in [-0.05, 0) is 12.1 Å². The molecule has 2 N–H and O–H groups in total. The number of aryl methyl sites for hydroxylation is 1. The zero-order valence-electron chi connectivity index (χ0n) is 10.1. The summed E-state index contributed by atoms with van der Waals surface area (Å²) in [4.78, 5) is 22.0. The number of oxazole rings is 1. The van der Waals surface area contributed by atoms with E-state index in [9.17, 15) is 9.59 Å². The van der Waals surface area contributed by atoms with Crippen LogP contribution in [0, 0.1) is 5.92 Å². The molecule has 0 saturated carbocycles. The van der Waals surface area contributed by atoms with Gasteiger partial charge in [0.15, 0.2) is 5.58 Å². The Bertz CT molecular complexity index is 641. The van der Waals surface area contributed by atoms with Gasteiger partial charge in [0.2, 0.25) is 0 Å². The molecule has 6 heteroatoms. The van der Waals surface area contributed by atoms with E-state index in [-0.39, 0.29) is 0 Å². The Morgan fingerprint density at radius 1 is 1.56 bits per heavy atom. The Balaban J connectivity index is 2.20. The third-order valence-corrected chi connectivity index (χ3v) is 2.83. The van der Waals surface area contributed by atoms with Crippen molar-refractivity contribution in [3.05, 3.63) is 28.7 Å². The Hall–Kier alpha value is -2.24. The van der Waals surface area contributed by atoms with Gasteiger partial charge in [-0.2, -0.15) is 0 Å². The minimum atomic E-state index is -0.852. The Morgan fingerprint density at radius 2 is 2.28 bits per heavy atom. The van der Waals surface area contributed by atoms with Crippen LogP contribution >= 0.6 is 0 Å². The maximum atomic E-state index is 11.3. The lowest BCUT2D eigenvalue weighted by molar-refractivity contribution is -0.140. The fraction of sp³-hybridized carbons (Fsp3) is 0.333. The lowest BCUT2D eigenvalue weighted by Gasteiger charge is -2.09. The molecule has 2 rings (SSSR count). The highest BCUT2D eigenvalue weighted by atomic mass is 16.4. The van der Waals surface area contributed by atoms with Gasteiger partial charge in [0.25, 0.3) is 0 Å². The van der Waals surface area contributed by atoms with Gasteiger partial charge in [-0.15, -0.1) is 0 Å². The molecule has 1 atom stereocenters. The van der Waals surface area contributed by atoms with Crippen molar-refractivity contribution in [3.63, 3.8) is 0 Å². The predicted octanol–water partition coefficient (Wildman–Crippen LogP) is 1.26. The molecule has 0 saturated heterocycles. The number of carboxylic acid groups (broad SMARTS) is 1. The topological polar surface area (TPSA) is 84.5 Å². The number of nitrogens with one attached hydrogen (secondary N) is 1. The van der Waals surface area contributed by atoms with Crippen molar-refractivity contribution in [3.8, 4) is 0 Å². The molecule has 0 bridgehead atoms. The number of hydrogen-bond donors (Lipinski definition) is 2. The number of anilines is 1. The van der Waals surface area contributed by atoms with Gasteiger partial charge >= 0.3 is 11.7 Å². The number of aliphatic carboxylic acids is 1. The van der Waals surface area contributed by atoms with Crippen LogP contribution in [0.3, 0.4) is 0 Å². The van der Waals surface area contributed by atoms with Gasteiger partial charge in [-0.1, -0.05) is 6.92 Å². The summed E-state index contributed by atoms with van der Waals surface area (Å²) in [5.74, 6) is -1.75. The maximum Gasteiger partial charge on any atom is 0.419 e. The normalized spacial score (nSPS) is 12.6. The molecule has 0 aliphatic heterocycles. The van der Waals surface area contributed by atoms with Gasteiger partial charge in [0.1, 0.15) is 0 Å². The second kappa shape index (κ2) is 4.56. The summed E-state index contributed by atoms with van der Waals surface area (Å²) < 4.78 is 6.46. The number of nitrogens with zero attached hydrogens (tertiary/aromatic N) is 1. The summed E-state index contributed by atoms with van der Waals surface area (Å²) >= 11 is 0. The van der Waals surface area contributed by atoms with E-state index in [1.54, 1.807) is 32.2 Å². The summed E-state index contributed by atoms with van der Waals surface area (Å²) in [6.07, 6.45) is 0. The van der Waals surface area contributed by atoms with E-state index in [1.807, 2.05) is 0 Å². The lowest BCUT2D eigenvalue weighted by Crippen LogP contribution is -2.19. The Kier molecular flexibility index (Phi) is 3.10. The van der Waals surface area contributed by atoms with Crippen LogP contribution < -0.4 is 11.1 Å². The smallest absolute Gasteiger partial charge is 0.419 e. The van der Waals surface area contributed by atoms with Crippen LogP contribution in [0.15, 0.2) is 27.4 Å².